The van der Waals surface area contributed by atoms with Crippen LogP contribution >= 0.6 is 0 Å². The summed E-state index contributed by atoms with van der Waals surface area (Å²) in [6.07, 6.45) is 2.36. The van der Waals surface area contributed by atoms with Crippen LogP contribution in [0.4, 0.5) is 0 Å². The third-order valence-corrected chi connectivity index (χ3v) is 2.65. The molecule has 0 saturated heterocycles. The van der Waals surface area contributed by atoms with Crippen LogP contribution in [-0.2, 0) is 0 Å². The fourth-order valence-electron chi connectivity index (χ4n) is 1.90. The highest BCUT2D eigenvalue weighted by Crippen LogP contribution is 2.22. The van der Waals surface area contributed by atoms with Gasteiger partial charge in [0.2, 0.25) is 7.41 Å². The molecule has 0 aliphatic heterocycles. The van der Waals surface area contributed by atoms with Gasteiger partial charge >= 0.3 is 7.55 Å². The molecule has 0 rings (SSSR count). The zero-order valence-corrected chi connectivity index (χ0v) is 13.9. The Kier molecular flexibility index (Phi) is 7.61. The number of hydrogen-bond donors (Lipinski definition) is 0. The van der Waals surface area contributed by atoms with E-state index in [0.29, 0.717) is 0 Å². The van der Waals surface area contributed by atoms with Gasteiger partial charge in [0.15, 0.2) is 0 Å². The second-order valence-electron chi connectivity index (χ2n) is 7.21. The summed E-state index contributed by atoms with van der Waals surface area (Å²) in [6.45, 7) is 20.3. The van der Waals surface area contributed by atoms with Gasteiger partial charge in [0, 0.05) is 5.54 Å². The van der Waals surface area contributed by atoms with E-state index in [2.05, 4.69) is 79.9 Å². The molecule has 0 aromatic carbocycles. The van der Waals surface area contributed by atoms with Crippen LogP contribution in [0.25, 0.3) is 0 Å². The number of hydrogen-bond acceptors (Lipinski definition) is 2. The van der Waals surface area contributed by atoms with Crippen molar-refractivity contribution in [3.8, 4) is 0 Å². The molecular formula is C14H32B2N2. The normalized spacial score (nSPS) is 13.2. The summed E-state index contributed by atoms with van der Waals surface area (Å²) in [4.78, 5) is 2.45. The van der Waals surface area contributed by atoms with E-state index in [1.807, 2.05) is 0 Å². The molecule has 0 bridgehead atoms. The molecule has 0 aromatic heterocycles. The number of nitrogens with zero attached hydrogens (tertiary/aromatic N) is 2. The van der Waals surface area contributed by atoms with E-state index in [0.717, 1.165) is 13.1 Å². The molecule has 0 amide bonds. The Bertz CT molecular complexity index is 219. The summed E-state index contributed by atoms with van der Waals surface area (Å²) in [7, 11) is 4.64. The van der Waals surface area contributed by atoms with Gasteiger partial charge in [0.1, 0.15) is 0 Å². The van der Waals surface area contributed by atoms with Crippen molar-refractivity contribution in [2.24, 2.45) is 0 Å². The summed E-state index contributed by atoms with van der Waals surface area (Å²) in [6, 6.07) is 0. The number of rotatable bonds is 7. The zero-order chi connectivity index (χ0) is 14.4. The first-order chi connectivity index (χ1) is 8.10. The highest BCUT2D eigenvalue weighted by atomic mass is 15.2. The zero-order valence-electron chi connectivity index (χ0n) is 13.9. The van der Waals surface area contributed by atoms with E-state index in [9.17, 15) is 0 Å². The Morgan fingerprint density at radius 3 is 1.67 bits per heavy atom. The van der Waals surface area contributed by atoms with Gasteiger partial charge in [-0.15, -0.1) is 0 Å². The molecule has 0 aliphatic rings. The fraction of sp³-hybridized carbons (Fsp3) is 1.00. The van der Waals surface area contributed by atoms with E-state index in [1.165, 1.54) is 12.8 Å². The summed E-state index contributed by atoms with van der Waals surface area (Å²) in [5.41, 5.74) is 0.188. The van der Waals surface area contributed by atoms with Gasteiger partial charge in [0.25, 0.3) is 0 Å². The van der Waals surface area contributed by atoms with Crippen LogP contribution in [0.2, 0.25) is 5.31 Å². The minimum Gasteiger partial charge on any atom is -0.378 e. The highest BCUT2D eigenvalue weighted by molar-refractivity contribution is 6.50. The van der Waals surface area contributed by atoms with Crippen molar-refractivity contribution >= 4 is 15.0 Å². The average molecular weight is 250 g/mol. The van der Waals surface area contributed by atoms with Crippen molar-refractivity contribution in [3.63, 3.8) is 0 Å². The Balaban J connectivity index is 4.60. The van der Waals surface area contributed by atoms with Crippen LogP contribution < -0.4 is 0 Å². The SMILES string of the molecule is CCCN([B]N(CCC)C(C)(C)C)[B]C(C)(C)C. The van der Waals surface area contributed by atoms with Crippen molar-refractivity contribution in [2.75, 3.05) is 13.1 Å². The Morgan fingerprint density at radius 1 is 0.833 bits per heavy atom. The lowest BCUT2D eigenvalue weighted by Crippen LogP contribution is -2.53. The predicted octanol–water partition coefficient (Wildman–Crippen LogP) is 3.58. The van der Waals surface area contributed by atoms with E-state index >= 15 is 0 Å². The standard InChI is InChI=1S/C14H32B2N2/c1-9-11-17(14(6,7)8)16-18(12-10-2)15-13(3,4)5/h9-12H2,1-8H3. The molecule has 0 aliphatic carbocycles. The molecule has 4 heteroatoms. The van der Waals surface area contributed by atoms with Gasteiger partial charge in [-0.3, -0.25) is 0 Å². The second kappa shape index (κ2) is 7.59. The predicted molar refractivity (Wildman–Crippen MR) is 85.0 cm³/mol. The van der Waals surface area contributed by atoms with Crippen molar-refractivity contribution in [1.82, 2.24) is 9.53 Å². The Hall–Kier alpha value is 0.0499. The van der Waals surface area contributed by atoms with E-state index < -0.39 is 0 Å². The lowest BCUT2D eigenvalue weighted by molar-refractivity contribution is 0.242. The average Bonchev–Trinajstić information content (AvgIpc) is 2.13. The van der Waals surface area contributed by atoms with Gasteiger partial charge in [-0.25, -0.2) is 0 Å². The second-order valence-corrected chi connectivity index (χ2v) is 7.21. The highest BCUT2D eigenvalue weighted by Gasteiger charge is 2.26. The maximum atomic E-state index is 2.45. The molecular weight excluding hydrogens is 218 g/mol. The molecule has 0 spiro atoms. The Labute approximate surface area is 117 Å². The molecule has 0 aromatic rings. The topological polar surface area (TPSA) is 6.48 Å². The molecule has 2 radical (unpaired) electrons. The van der Waals surface area contributed by atoms with E-state index in [-0.39, 0.29) is 10.9 Å². The van der Waals surface area contributed by atoms with E-state index in [4.69, 9.17) is 0 Å². The maximum Gasteiger partial charge on any atom is 0.300 e. The van der Waals surface area contributed by atoms with Crippen molar-refractivity contribution in [1.29, 1.82) is 0 Å². The lowest BCUT2D eigenvalue weighted by Gasteiger charge is -2.40. The third kappa shape index (κ3) is 8.20. The Morgan fingerprint density at radius 2 is 1.33 bits per heavy atom. The molecule has 104 valence electrons. The monoisotopic (exact) mass is 250 g/mol. The van der Waals surface area contributed by atoms with Crippen LogP contribution in [0.15, 0.2) is 0 Å². The van der Waals surface area contributed by atoms with Gasteiger partial charge in [-0.2, -0.15) is 0 Å². The minimum absolute atomic E-state index is 0.188. The fourth-order valence-corrected chi connectivity index (χ4v) is 1.90. The first-order valence-electron chi connectivity index (χ1n) is 7.33. The smallest absolute Gasteiger partial charge is 0.300 e. The summed E-state index contributed by atoms with van der Waals surface area (Å²) < 4.78 is 2.36. The first kappa shape index (κ1) is 18.0. The van der Waals surface area contributed by atoms with Crippen LogP contribution in [0.5, 0.6) is 0 Å². The van der Waals surface area contributed by atoms with Gasteiger partial charge in [-0.1, -0.05) is 34.6 Å². The van der Waals surface area contributed by atoms with Crippen molar-refractivity contribution < 1.29 is 0 Å². The molecule has 0 heterocycles. The van der Waals surface area contributed by atoms with Crippen LogP contribution in [-0.4, -0.2) is 43.1 Å². The molecule has 0 atom stereocenters. The van der Waals surface area contributed by atoms with Gasteiger partial charge < -0.3 is 9.53 Å². The lowest BCUT2D eigenvalue weighted by atomic mass is 9.60. The van der Waals surface area contributed by atoms with E-state index in [1.54, 1.807) is 0 Å². The van der Waals surface area contributed by atoms with Crippen LogP contribution in [0.1, 0.15) is 68.2 Å². The largest absolute Gasteiger partial charge is 0.378 e. The first-order valence-corrected chi connectivity index (χ1v) is 7.33. The quantitative estimate of drug-likeness (QED) is 0.637. The summed E-state index contributed by atoms with van der Waals surface area (Å²) >= 11 is 0. The van der Waals surface area contributed by atoms with Crippen LogP contribution in [0, 0.1) is 0 Å². The molecule has 0 fully saturated rings. The molecule has 18 heavy (non-hydrogen) atoms. The van der Waals surface area contributed by atoms with Gasteiger partial charge in [0.05, 0.1) is 0 Å². The molecule has 0 unspecified atom stereocenters. The third-order valence-electron chi connectivity index (χ3n) is 2.65. The van der Waals surface area contributed by atoms with Crippen molar-refractivity contribution in [3.05, 3.63) is 0 Å². The molecule has 0 N–H and O–H groups in total. The minimum atomic E-state index is 0.188. The summed E-state index contributed by atoms with van der Waals surface area (Å²) in [5, 5.41) is 0.224. The molecule has 0 saturated carbocycles. The summed E-state index contributed by atoms with van der Waals surface area (Å²) in [5.74, 6) is 0. The molecule has 2 nitrogen and oxygen atoms in total. The maximum absolute atomic E-state index is 2.45. The van der Waals surface area contributed by atoms with Gasteiger partial charge in [-0.05, 0) is 52.0 Å². The van der Waals surface area contributed by atoms with Crippen LogP contribution in [0.3, 0.4) is 0 Å². The van der Waals surface area contributed by atoms with Crippen molar-refractivity contribution in [2.45, 2.75) is 79.1 Å².